The molecular formula is C16H20N4O5S. The summed E-state index contributed by atoms with van der Waals surface area (Å²) < 4.78 is 38.8. The maximum Gasteiger partial charge on any atom is 0.419 e. The lowest BCUT2D eigenvalue weighted by Gasteiger charge is -2.10. The molecule has 10 heteroatoms. The molecule has 3 rings (SSSR count). The minimum Gasteiger partial charge on any atom is -0.408 e. The molecule has 1 aromatic carbocycles. The van der Waals surface area contributed by atoms with E-state index in [1.165, 1.54) is 22.8 Å². The maximum atomic E-state index is 12.4. The first-order valence-electron chi connectivity index (χ1n) is 8.00. The monoisotopic (exact) mass is 380 g/mol. The fourth-order valence-electron chi connectivity index (χ4n) is 2.32. The quantitative estimate of drug-likeness (QED) is 0.709. The molecule has 0 amide bonds. The van der Waals surface area contributed by atoms with Crippen LogP contribution in [0.3, 0.4) is 0 Å². The highest BCUT2D eigenvalue weighted by Gasteiger charge is 2.22. The van der Waals surface area contributed by atoms with Crippen LogP contribution in [0.1, 0.15) is 32.5 Å². The normalized spacial score (nSPS) is 12.8. The van der Waals surface area contributed by atoms with Gasteiger partial charge in [0, 0.05) is 31.5 Å². The highest BCUT2D eigenvalue weighted by Crippen LogP contribution is 2.20. The fourth-order valence-corrected chi connectivity index (χ4v) is 3.37. The van der Waals surface area contributed by atoms with Crippen molar-refractivity contribution in [1.82, 2.24) is 19.4 Å². The molecule has 0 radical (unpaired) electrons. The van der Waals surface area contributed by atoms with Gasteiger partial charge in [0.2, 0.25) is 15.9 Å². The Kier molecular flexibility index (Phi) is 4.49. The molecule has 0 fully saturated rings. The molecule has 1 N–H and O–H groups in total. The van der Waals surface area contributed by atoms with Gasteiger partial charge in [0.15, 0.2) is 11.4 Å². The van der Waals surface area contributed by atoms with Crippen LogP contribution >= 0.6 is 0 Å². The van der Waals surface area contributed by atoms with E-state index in [0.29, 0.717) is 23.7 Å². The second-order valence-electron chi connectivity index (χ2n) is 6.97. The zero-order valence-corrected chi connectivity index (χ0v) is 15.8. The average Bonchev–Trinajstić information content (AvgIpc) is 3.12. The van der Waals surface area contributed by atoms with Crippen molar-refractivity contribution in [2.75, 3.05) is 6.54 Å². The van der Waals surface area contributed by atoms with Gasteiger partial charge in [-0.25, -0.2) is 17.9 Å². The standard InChI is InChI=1S/C16H20N4O5S/c1-16(2,3)14-18-13(19-25-14)7-8-17-26(22,23)10-5-6-11-12(9-10)24-15(21)20(11)4/h5-6,9,17H,7-8H2,1-4H3. The number of fused-ring (bicyclic) bond motifs is 1. The van der Waals surface area contributed by atoms with Crippen molar-refractivity contribution in [3.05, 3.63) is 40.5 Å². The van der Waals surface area contributed by atoms with Gasteiger partial charge in [-0.1, -0.05) is 25.9 Å². The predicted molar refractivity (Wildman–Crippen MR) is 93.3 cm³/mol. The molecule has 0 aliphatic carbocycles. The molecule has 26 heavy (non-hydrogen) atoms. The number of aryl methyl sites for hydroxylation is 1. The van der Waals surface area contributed by atoms with Crippen LogP contribution in [0.25, 0.3) is 11.1 Å². The number of nitrogens with one attached hydrogen (secondary N) is 1. The molecule has 0 saturated carbocycles. The number of aromatic nitrogens is 3. The van der Waals surface area contributed by atoms with Crippen LogP contribution in [-0.4, -0.2) is 29.7 Å². The predicted octanol–water partition coefficient (Wildman–Crippen LogP) is 1.33. The summed E-state index contributed by atoms with van der Waals surface area (Å²) in [5.41, 5.74) is 0.476. The van der Waals surface area contributed by atoms with Crippen molar-refractivity contribution in [1.29, 1.82) is 0 Å². The van der Waals surface area contributed by atoms with E-state index in [-0.39, 0.29) is 22.4 Å². The second kappa shape index (κ2) is 6.36. The number of sulfonamides is 1. The molecule has 0 bridgehead atoms. The number of benzene rings is 1. The lowest BCUT2D eigenvalue weighted by atomic mass is 9.97. The van der Waals surface area contributed by atoms with Gasteiger partial charge < -0.3 is 8.94 Å². The Balaban J connectivity index is 1.71. The number of oxazole rings is 1. The maximum absolute atomic E-state index is 12.4. The van der Waals surface area contributed by atoms with Crippen LogP contribution in [-0.2, 0) is 28.9 Å². The third kappa shape index (κ3) is 3.56. The SMILES string of the molecule is Cn1c(=O)oc2cc(S(=O)(=O)NCCc3noc(C(C)(C)C)n3)ccc21. The van der Waals surface area contributed by atoms with E-state index in [1.807, 2.05) is 20.8 Å². The average molecular weight is 380 g/mol. The molecule has 3 aromatic rings. The molecule has 0 atom stereocenters. The van der Waals surface area contributed by atoms with Gasteiger partial charge >= 0.3 is 5.76 Å². The number of hydrogen-bond acceptors (Lipinski definition) is 7. The Morgan fingerprint density at radius 2 is 2.00 bits per heavy atom. The summed E-state index contributed by atoms with van der Waals surface area (Å²) in [6.45, 7) is 5.96. The first-order chi connectivity index (χ1) is 12.1. The zero-order valence-electron chi connectivity index (χ0n) is 14.9. The van der Waals surface area contributed by atoms with Crippen molar-refractivity contribution < 1.29 is 17.4 Å². The first kappa shape index (κ1) is 18.3. The summed E-state index contributed by atoms with van der Waals surface area (Å²) in [5, 5.41) is 3.85. The zero-order chi connectivity index (χ0) is 19.1. The fraction of sp³-hybridized carbons (Fsp3) is 0.438. The number of hydrogen-bond donors (Lipinski definition) is 1. The Morgan fingerprint density at radius 1 is 1.27 bits per heavy atom. The van der Waals surface area contributed by atoms with Crippen molar-refractivity contribution in [3.63, 3.8) is 0 Å². The van der Waals surface area contributed by atoms with Gasteiger partial charge in [-0.15, -0.1) is 0 Å². The van der Waals surface area contributed by atoms with E-state index < -0.39 is 15.8 Å². The van der Waals surface area contributed by atoms with Gasteiger partial charge in [-0.2, -0.15) is 4.98 Å². The molecule has 0 aliphatic heterocycles. The van der Waals surface area contributed by atoms with Crippen LogP contribution in [0, 0.1) is 0 Å². The molecule has 9 nitrogen and oxygen atoms in total. The molecule has 0 unspecified atom stereocenters. The van der Waals surface area contributed by atoms with E-state index in [2.05, 4.69) is 14.9 Å². The Bertz CT molecular complexity index is 1100. The van der Waals surface area contributed by atoms with E-state index in [0.717, 1.165) is 0 Å². The lowest BCUT2D eigenvalue weighted by Crippen LogP contribution is -2.26. The van der Waals surface area contributed by atoms with E-state index >= 15 is 0 Å². The largest absolute Gasteiger partial charge is 0.419 e. The second-order valence-corrected chi connectivity index (χ2v) is 8.74. The topological polar surface area (TPSA) is 120 Å². The highest BCUT2D eigenvalue weighted by atomic mass is 32.2. The molecule has 2 heterocycles. The molecular weight excluding hydrogens is 360 g/mol. The Labute approximate surface area is 150 Å². The lowest BCUT2D eigenvalue weighted by molar-refractivity contribution is 0.318. The molecule has 0 spiro atoms. The summed E-state index contributed by atoms with van der Waals surface area (Å²) >= 11 is 0. The van der Waals surface area contributed by atoms with Gasteiger partial charge in [0.05, 0.1) is 10.4 Å². The third-order valence-electron chi connectivity index (χ3n) is 3.82. The van der Waals surface area contributed by atoms with Crippen molar-refractivity contribution in [2.45, 2.75) is 37.5 Å². The number of nitrogens with zero attached hydrogens (tertiary/aromatic N) is 3. The van der Waals surface area contributed by atoms with Gasteiger partial charge in [0.25, 0.3) is 0 Å². The third-order valence-corrected chi connectivity index (χ3v) is 5.28. The van der Waals surface area contributed by atoms with Crippen LogP contribution in [0.4, 0.5) is 0 Å². The van der Waals surface area contributed by atoms with Crippen LogP contribution in [0.15, 0.2) is 36.8 Å². The van der Waals surface area contributed by atoms with Gasteiger partial charge in [-0.05, 0) is 12.1 Å². The Hall–Kier alpha value is -2.46. The molecule has 2 aromatic heterocycles. The van der Waals surface area contributed by atoms with Crippen molar-refractivity contribution >= 4 is 21.1 Å². The van der Waals surface area contributed by atoms with E-state index in [4.69, 9.17) is 8.94 Å². The summed E-state index contributed by atoms with van der Waals surface area (Å²) in [6.07, 6.45) is 0.293. The molecule has 140 valence electrons. The van der Waals surface area contributed by atoms with Crippen LogP contribution < -0.4 is 10.5 Å². The highest BCUT2D eigenvalue weighted by molar-refractivity contribution is 7.89. The van der Waals surface area contributed by atoms with E-state index in [9.17, 15) is 13.2 Å². The smallest absolute Gasteiger partial charge is 0.408 e. The minimum absolute atomic E-state index is 0.0165. The van der Waals surface area contributed by atoms with Crippen molar-refractivity contribution in [3.8, 4) is 0 Å². The summed E-state index contributed by atoms with van der Waals surface area (Å²) in [7, 11) is -2.20. The summed E-state index contributed by atoms with van der Waals surface area (Å²) in [5.74, 6) is 0.385. The van der Waals surface area contributed by atoms with Gasteiger partial charge in [0.1, 0.15) is 0 Å². The van der Waals surface area contributed by atoms with Crippen molar-refractivity contribution in [2.24, 2.45) is 7.05 Å². The van der Waals surface area contributed by atoms with Gasteiger partial charge in [-0.3, -0.25) is 4.57 Å². The summed E-state index contributed by atoms with van der Waals surface area (Å²) in [4.78, 5) is 15.8. The number of rotatable bonds is 5. The summed E-state index contributed by atoms with van der Waals surface area (Å²) in [6, 6.07) is 4.28. The van der Waals surface area contributed by atoms with Crippen LogP contribution in [0.5, 0.6) is 0 Å². The molecule has 0 aliphatic rings. The first-order valence-corrected chi connectivity index (χ1v) is 9.48. The molecule has 0 saturated heterocycles. The Morgan fingerprint density at radius 3 is 2.65 bits per heavy atom. The minimum atomic E-state index is -3.75. The van der Waals surface area contributed by atoms with E-state index in [1.54, 1.807) is 7.05 Å². The van der Waals surface area contributed by atoms with Crippen LogP contribution in [0.2, 0.25) is 0 Å².